The molecule has 0 saturated heterocycles. The van der Waals surface area contributed by atoms with Crippen LogP contribution >= 0.6 is 37.1 Å². The lowest BCUT2D eigenvalue weighted by molar-refractivity contribution is 0.439. The zero-order valence-electron chi connectivity index (χ0n) is 6.71. The molecule has 0 aromatic rings. The van der Waals surface area contributed by atoms with Crippen LogP contribution in [0.1, 0.15) is 13.8 Å². The third-order valence-corrected chi connectivity index (χ3v) is 5.11. The van der Waals surface area contributed by atoms with E-state index in [1.165, 1.54) is 0 Å². The molecule has 0 bridgehead atoms. The van der Waals surface area contributed by atoms with Crippen molar-refractivity contribution >= 4 is 37.1 Å². The van der Waals surface area contributed by atoms with Crippen molar-refractivity contribution in [3.8, 4) is 0 Å². The monoisotopic (exact) mass is 256 g/mol. The molecule has 0 aromatic carbocycles. The van der Waals surface area contributed by atoms with Gasteiger partial charge < -0.3 is 0 Å². The molecule has 2 nitrogen and oxygen atoms in total. The van der Waals surface area contributed by atoms with Crippen LogP contribution in [0.3, 0.4) is 0 Å². The lowest BCUT2D eigenvalue weighted by atomic mass is 10.7. The van der Waals surface area contributed by atoms with Crippen molar-refractivity contribution < 1.29 is 8.39 Å². The van der Waals surface area contributed by atoms with E-state index in [-0.39, 0.29) is 13.1 Å². The summed E-state index contributed by atoms with van der Waals surface area (Å²) in [7, 11) is -4.39. The van der Waals surface area contributed by atoms with Gasteiger partial charge in [0, 0.05) is 13.1 Å². The van der Waals surface area contributed by atoms with E-state index in [9.17, 15) is 8.39 Å². The summed E-state index contributed by atoms with van der Waals surface area (Å²) in [6.07, 6.45) is 0. The van der Waals surface area contributed by atoms with E-state index in [1.807, 2.05) is 0 Å². The van der Waals surface area contributed by atoms with Crippen molar-refractivity contribution in [1.29, 1.82) is 0 Å². The quantitative estimate of drug-likeness (QED) is 0.652. The Balaban J connectivity index is 4.56. The maximum atomic E-state index is 13.1. The Kier molecular flexibility index (Phi) is 6.22. The molecule has 0 saturated carbocycles. The van der Waals surface area contributed by atoms with Crippen LogP contribution < -0.4 is 0 Å². The van der Waals surface area contributed by atoms with Crippen LogP contribution in [-0.4, -0.2) is 17.8 Å². The number of halogens is 4. The van der Waals surface area contributed by atoms with Gasteiger partial charge >= 0.3 is 7.83 Å². The van der Waals surface area contributed by atoms with Crippen LogP contribution in [0.5, 0.6) is 0 Å². The van der Waals surface area contributed by atoms with Crippen molar-refractivity contribution in [2.24, 2.45) is 4.52 Å². The topological polar surface area (TPSA) is 15.6 Å². The summed E-state index contributed by atoms with van der Waals surface area (Å²) in [5, 5.41) is 0. The summed E-state index contributed by atoms with van der Waals surface area (Å²) in [5.41, 5.74) is 0. The predicted octanol–water partition coefficient (Wildman–Crippen LogP) is 4.92. The number of hydrogen-bond donors (Lipinski definition) is 0. The minimum Gasteiger partial charge on any atom is -0.219 e. The van der Waals surface area contributed by atoms with E-state index in [2.05, 4.69) is 4.52 Å². The lowest BCUT2D eigenvalue weighted by Gasteiger charge is -2.19. The Morgan fingerprint density at radius 2 is 1.75 bits per heavy atom. The van der Waals surface area contributed by atoms with Gasteiger partial charge in [-0.1, -0.05) is 36.3 Å². The second-order valence-electron chi connectivity index (χ2n) is 1.90. The number of rotatable bonds is 4. The fourth-order valence-electron chi connectivity index (χ4n) is 0.702. The molecule has 0 N–H and O–H groups in total. The van der Waals surface area contributed by atoms with Crippen molar-refractivity contribution in [2.45, 2.75) is 13.8 Å². The average Bonchev–Trinajstić information content (AvgIpc) is 1.85. The lowest BCUT2D eigenvalue weighted by Crippen LogP contribution is -2.15. The maximum absolute atomic E-state index is 13.1. The fraction of sp³-hybridized carbons (Fsp3) is 1.00. The summed E-state index contributed by atoms with van der Waals surface area (Å²) in [6, 6.07) is 0. The Labute approximate surface area is 82.0 Å². The highest BCUT2D eigenvalue weighted by Gasteiger charge is 2.26. The highest BCUT2D eigenvalue weighted by Crippen LogP contribution is 2.66. The second-order valence-corrected chi connectivity index (χ2v) is 6.96. The molecule has 0 spiro atoms. The molecule has 0 rings (SSSR count). The van der Waals surface area contributed by atoms with Gasteiger partial charge in [0.15, 0.2) is 0 Å². The predicted molar refractivity (Wildman–Crippen MR) is 53.1 cm³/mol. The van der Waals surface area contributed by atoms with E-state index in [0.29, 0.717) is 0 Å². The third kappa shape index (κ3) is 4.34. The van der Waals surface area contributed by atoms with Gasteiger partial charge in [0.1, 0.15) is 0 Å². The summed E-state index contributed by atoms with van der Waals surface area (Å²) in [4.78, 5) is 0. The summed E-state index contributed by atoms with van der Waals surface area (Å²) in [5.74, 6) is 0. The molecule has 74 valence electrons. The first-order chi connectivity index (χ1) is 5.44. The molecule has 0 aliphatic heterocycles. The van der Waals surface area contributed by atoms with E-state index < -0.39 is 14.6 Å². The zero-order valence-corrected chi connectivity index (χ0v) is 10.0. The van der Waals surface area contributed by atoms with Crippen LogP contribution in [-0.2, 0) is 0 Å². The fourth-order valence-corrected chi connectivity index (χ4v) is 3.95. The summed E-state index contributed by atoms with van der Waals surface area (Å²) < 4.78 is 30.2. The van der Waals surface area contributed by atoms with Gasteiger partial charge in [-0.3, -0.25) is 0 Å². The van der Waals surface area contributed by atoms with Gasteiger partial charge in [-0.2, -0.15) is 12.9 Å². The van der Waals surface area contributed by atoms with Crippen LogP contribution in [0.15, 0.2) is 4.52 Å². The van der Waals surface area contributed by atoms with Gasteiger partial charge in [-0.25, -0.2) is 4.67 Å². The SMILES string of the molecule is CCN(CC)P(F)(F)=NP(Cl)Cl. The van der Waals surface area contributed by atoms with E-state index in [4.69, 9.17) is 22.5 Å². The van der Waals surface area contributed by atoms with Gasteiger partial charge in [-0.05, 0) is 0 Å². The normalized spacial score (nSPS) is 12.7. The first kappa shape index (κ1) is 13.1. The average molecular weight is 257 g/mol. The smallest absolute Gasteiger partial charge is 0.219 e. The number of nitrogens with zero attached hydrogens (tertiary/aromatic N) is 2. The Morgan fingerprint density at radius 1 is 1.33 bits per heavy atom. The molecular weight excluding hydrogens is 247 g/mol. The molecule has 0 aromatic heterocycles. The van der Waals surface area contributed by atoms with Crippen LogP contribution in [0.25, 0.3) is 0 Å². The van der Waals surface area contributed by atoms with Crippen LogP contribution in [0.4, 0.5) is 8.39 Å². The summed E-state index contributed by atoms with van der Waals surface area (Å²) in [6.45, 7) is 1.92. The zero-order chi connectivity index (χ0) is 9.78. The Bertz CT molecular complexity index is 180. The van der Waals surface area contributed by atoms with Gasteiger partial charge in [0.05, 0.1) is 0 Å². The largest absolute Gasteiger partial charge is 0.373 e. The van der Waals surface area contributed by atoms with E-state index >= 15 is 0 Å². The first-order valence-corrected chi connectivity index (χ1v) is 7.90. The molecule has 0 radical (unpaired) electrons. The van der Waals surface area contributed by atoms with Crippen molar-refractivity contribution in [2.75, 3.05) is 13.1 Å². The molecule has 12 heavy (non-hydrogen) atoms. The van der Waals surface area contributed by atoms with Crippen molar-refractivity contribution in [1.82, 2.24) is 4.67 Å². The minimum atomic E-state index is -4.39. The Hall–Kier alpha value is 1.06. The minimum absolute atomic E-state index is 0.262. The van der Waals surface area contributed by atoms with Crippen molar-refractivity contribution in [3.05, 3.63) is 0 Å². The van der Waals surface area contributed by atoms with E-state index in [1.54, 1.807) is 13.8 Å². The van der Waals surface area contributed by atoms with Crippen LogP contribution in [0.2, 0.25) is 0 Å². The third-order valence-electron chi connectivity index (χ3n) is 1.25. The van der Waals surface area contributed by atoms with Gasteiger partial charge in [0.2, 0.25) is 6.78 Å². The van der Waals surface area contributed by atoms with Crippen molar-refractivity contribution in [3.63, 3.8) is 0 Å². The van der Waals surface area contributed by atoms with Crippen LogP contribution in [0, 0.1) is 0 Å². The van der Waals surface area contributed by atoms with Gasteiger partial charge in [0.25, 0.3) is 0 Å². The molecule has 0 unspecified atom stereocenters. The molecular formula is C4H10Cl2F2N2P2. The molecule has 8 heteroatoms. The second kappa shape index (κ2) is 5.72. The Morgan fingerprint density at radius 3 is 2.00 bits per heavy atom. The first-order valence-electron chi connectivity index (χ1n) is 3.32. The number of hydrogen-bond acceptors (Lipinski definition) is 1. The molecule has 0 heterocycles. The molecule has 0 amide bonds. The molecule has 0 fully saturated rings. The standard InChI is InChI=1S/C4H10Cl2F2N2P2/c1-3-10(4-2)12(7,8)9-11(5)6/h3-4H2,1-2H3. The maximum Gasteiger partial charge on any atom is 0.373 e. The molecule has 0 atom stereocenters. The molecule has 0 aliphatic carbocycles. The van der Waals surface area contributed by atoms with E-state index in [0.717, 1.165) is 4.67 Å². The highest BCUT2D eigenvalue weighted by molar-refractivity contribution is 8.04. The van der Waals surface area contributed by atoms with Gasteiger partial charge in [-0.15, -0.1) is 0 Å². The highest BCUT2D eigenvalue weighted by atomic mass is 35.9. The summed E-state index contributed by atoms with van der Waals surface area (Å²) >= 11 is 10.4. The molecule has 0 aliphatic rings.